The Bertz CT molecular complexity index is 362. The predicted octanol–water partition coefficient (Wildman–Crippen LogP) is 2.95. The fourth-order valence-electron chi connectivity index (χ4n) is 1.13. The fraction of sp³-hybridized carbons (Fsp3) is 0.364. The molecule has 0 aliphatic rings. The van der Waals surface area contributed by atoms with Crippen LogP contribution in [0, 0.1) is 5.82 Å². The molecule has 0 unspecified atom stereocenters. The first-order chi connectivity index (χ1) is 7.50. The zero-order valence-electron chi connectivity index (χ0n) is 9.09. The number of esters is 1. The van der Waals surface area contributed by atoms with Crippen LogP contribution in [-0.2, 0) is 9.53 Å². The molecule has 0 fully saturated rings. The Hall–Kier alpha value is -1.10. The number of benzene rings is 1. The van der Waals surface area contributed by atoms with E-state index in [1.807, 2.05) is 0 Å². The van der Waals surface area contributed by atoms with Gasteiger partial charge in [0, 0.05) is 4.47 Å². The molecule has 0 aliphatic carbocycles. The third kappa shape index (κ3) is 3.81. The van der Waals surface area contributed by atoms with Crippen LogP contribution in [0.4, 0.5) is 10.1 Å². The summed E-state index contributed by atoms with van der Waals surface area (Å²) < 4.78 is 18.8. The molecule has 5 heteroatoms. The fourth-order valence-corrected chi connectivity index (χ4v) is 1.61. The topological polar surface area (TPSA) is 38.3 Å². The van der Waals surface area contributed by atoms with Gasteiger partial charge in [-0.2, -0.15) is 0 Å². The number of ether oxygens (including phenoxy) is 1. The lowest BCUT2D eigenvalue weighted by atomic mass is 10.3. The molecule has 3 nitrogen and oxygen atoms in total. The molecule has 1 aromatic carbocycles. The van der Waals surface area contributed by atoms with E-state index in [4.69, 9.17) is 4.74 Å². The first-order valence-electron chi connectivity index (χ1n) is 4.88. The average molecular weight is 290 g/mol. The molecule has 0 aliphatic heterocycles. The summed E-state index contributed by atoms with van der Waals surface area (Å²) in [5.41, 5.74) is 0.267. The predicted molar refractivity (Wildman–Crippen MR) is 63.8 cm³/mol. The maximum absolute atomic E-state index is 13.3. The highest BCUT2D eigenvalue weighted by atomic mass is 79.9. The number of rotatable bonds is 4. The van der Waals surface area contributed by atoms with Crippen molar-refractivity contribution in [3.8, 4) is 0 Å². The van der Waals surface area contributed by atoms with Gasteiger partial charge >= 0.3 is 5.97 Å². The highest BCUT2D eigenvalue weighted by molar-refractivity contribution is 9.10. The van der Waals surface area contributed by atoms with Crippen molar-refractivity contribution in [3.63, 3.8) is 0 Å². The second-order valence-corrected chi connectivity index (χ2v) is 4.34. The molecule has 0 amide bonds. The van der Waals surface area contributed by atoms with Gasteiger partial charge in [0.15, 0.2) is 0 Å². The van der Waals surface area contributed by atoms with Crippen LogP contribution in [0.2, 0.25) is 0 Å². The average Bonchev–Trinajstić information content (AvgIpc) is 2.15. The van der Waals surface area contributed by atoms with E-state index >= 15 is 0 Å². The van der Waals surface area contributed by atoms with Crippen LogP contribution < -0.4 is 5.32 Å². The minimum atomic E-state index is -0.412. The molecular weight excluding hydrogens is 277 g/mol. The number of para-hydroxylation sites is 1. The van der Waals surface area contributed by atoms with Crippen LogP contribution in [0.15, 0.2) is 22.7 Å². The van der Waals surface area contributed by atoms with E-state index in [1.54, 1.807) is 26.0 Å². The summed E-state index contributed by atoms with van der Waals surface area (Å²) in [5.74, 6) is -0.822. The first kappa shape index (κ1) is 13.0. The molecule has 0 bridgehead atoms. The quantitative estimate of drug-likeness (QED) is 0.866. The Morgan fingerprint density at radius 3 is 2.81 bits per heavy atom. The molecule has 16 heavy (non-hydrogen) atoms. The standard InChI is InChI=1S/C11H13BrFNO2/c1-7(2)16-10(15)6-14-11-8(12)4-3-5-9(11)13/h3-5,7,14H,6H2,1-2H3. The molecule has 0 aromatic heterocycles. The normalized spacial score (nSPS) is 10.3. The third-order valence-electron chi connectivity index (χ3n) is 1.74. The minimum Gasteiger partial charge on any atom is -0.462 e. The van der Waals surface area contributed by atoms with Crippen molar-refractivity contribution in [3.05, 3.63) is 28.5 Å². The number of carbonyl (C=O) groups excluding carboxylic acids is 1. The van der Waals surface area contributed by atoms with Gasteiger partial charge in [0.25, 0.3) is 0 Å². The summed E-state index contributed by atoms with van der Waals surface area (Å²) in [5, 5.41) is 2.69. The SMILES string of the molecule is CC(C)OC(=O)CNc1c(F)cccc1Br. The van der Waals surface area contributed by atoms with Crippen LogP contribution in [-0.4, -0.2) is 18.6 Å². The molecule has 1 rings (SSSR count). The van der Waals surface area contributed by atoms with Crippen molar-refractivity contribution in [2.24, 2.45) is 0 Å². The highest BCUT2D eigenvalue weighted by Crippen LogP contribution is 2.24. The maximum atomic E-state index is 13.3. The van der Waals surface area contributed by atoms with Gasteiger partial charge in [-0.1, -0.05) is 6.07 Å². The summed E-state index contributed by atoms with van der Waals surface area (Å²) in [6.45, 7) is 3.46. The Morgan fingerprint density at radius 2 is 2.25 bits per heavy atom. The molecule has 0 heterocycles. The smallest absolute Gasteiger partial charge is 0.325 e. The Labute approximate surface area is 102 Å². The lowest BCUT2D eigenvalue weighted by Crippen LogP contribution is -2.20. The second-order valence-electron chi connectivity index (χ2n) is 3.49. The largest absolute Gasteiger partial charge is 0.462 e. The van der Waals surface area contributed by atoms with E-state index in [2.05, 4.69) is 21.2 Å². The summed E-state index contributed by atoms with van der Waals surface area (Å²) >= 11 is 3.19. The van der Waals surface area contributed by atoms with E-state index in [0.717, 1.165) is 0 Å². The van der Waals surface area contributed by atoms with Crippen molar-refractivity contribution >= 4 is 27.6 Å². The lowest BCUT2D eigenvalue weighted by Gasteiger charge is -2.11. The molecule has 1 aromatic rings. The summed E-state index contributed by atoms with van der Waals surface area (Å²) in [6, 6.07) is 4.59. The Kier molecular flexibility index (Phi) is 4.73. The van der Waals surface area contributed by atoms with Crippen LogP contribution in [0.25, 0.3) is 0 Å². The van der Waals surface area contributed by atoms with E-state index in [1.165, 1.54) is 6.07 Å². The number of anilines is 1. The Morgan fingerprint density at radius 1 is 1.56 bits per heavy atom. The van der Waals surface area contributed by atoms with Gasteiger partial charge in [-0.25, -0.2) is 4.39 Å². The van der Waals surface area contributed by atoms with Crippen LogP contribution in [0.1, 0.15) is 13.8 Å². The number of carbonyl (C=O) groups is 1. The molecule has 0 saturated carbocycles. The van der Waals surface area contributed by atoms with Gasteiger partial charge in [-0.05, 0) is 41.9 Å². The Balaban J connectivity index is 2.58. The minimum absolute atomic E-state index is 0.0578. The molecular formula is C11H13BrFNO2. The lowest BCUT2D eigenvalue weighted by molar-refractivity contribution is -0.145. The summed E-state index contributed by atoms with van der Waals surface area (Å²) in [6.07, 6.45) is -0.168. The molecule has 1 N–H and O–H groups in total. The van der Waals surface area contributed by atoms with Crippen LogP contribution in [0.3, 0.4) is 0 Å². The van der Waals surface area contributed by atoms with Gasteiger partial charge in [0.2, 0.25) is 0 Å². The van der Waals surface area contributed by atoms with Crippen molar-refractivity contribution < 1.29 is 13.9 Å². The molecule has 0 radical (unpaired) electrons. The second kappa shape index (κ2) is 5.84. The number of hydrogen-bond acceptors (Lipinski definition) is 3. The molecule has 0 spiro atoms. The molecule has 0 saturated heterocycles. The van der Waals surface area contributed by atoms with Crippen molar-refractivity contribution in [2.75, 3.05) is 11.9 Å². The van der Waals surface area contributed by atoms with Gasteiger partial charge in [-0.15, -0.1) is 0 Å². The molecule has 88 valence electrons. The zero-order chi connectivity index (χ0) is 12.1. The monoisotopic (exact) mass is 289 g/mol. The molecule has 0 atom stereocenters. The van der Waals surface area contributed by atoms with E-state index in [0.29, 0.717) is 4.47 Å². The third-order valence-corrected chi connectivity index (χ3v) is 2.40. The van der Waals surface area contributed by atoms with Crippen molar-refractivity contribution in [1.82, 2.24) is 0 Å². The van der Waals surface area contributed by atoms with Crippen LogP contribution >= 0.6 is 15.9 Å². The first-order valence-corrected chi connectivity index (χ1v) is 5.67. The van der Waals surface area contributed by atoms with Crippen molar-refractivity contribution in [1.29, 1.82) is 0 Å². The van der Waals surface area contributed by atoms with E-state index in [9.17, 15) is 9.18 Å². The maximum Gasteiger partial charge on any atom is 0.325 e. The van der Waals surface area contributed by atoms with Gasteiger partial charge in [0.1, 0.15) is 12.4 Å². The van der Waals surface area contributed by atoms with Crippen LogP contribution in [0.5, 0.6) is 0 Å². The van der Waals surface area contributed by atoms with Gasteiger partial charge in [0.05, 0.1) is 11.8 Å². The van der Waals surface area contributed by atoms with Gasteiger partial charge < -0.3 is 10.1 Å². The number of hydrogen-bond donors (Lipinski definition) is 1. The summed E-state index contributed by atoms with van der Waals surface area (Å²) in [4.78, 5) is 11.2. The zero-order valence-corrected chi connectivity index (χ0v) is 10.7. The number of halogens is 2. The number of nitrogens with one attached hydrogen (secondary N) is 1. The van der Waals surface area contributed by atoms with E-state index in [-0.39, 0.29) is 18.3 Å². The highest BCUT2D eigenvalue weighted by Gasteiger charge is 2.09. The van der Waals surface area contributed by atoms with Gasteiger partial charge in [-0.3, -0.25) is 4.79 Å². The summed E-state index contributed by atoms with van der Waals surface area (Å²) in [7, 11) is 0. The van der Waals surface area contributed by atoms with Crippen molar-refractivity contribution in [2.45, 2.75) is 20.0 Å². The van der Waals surface area contributed by atoms with E-state index < -0.39 is 11.8 Å².